The molecule has 3 fully saturated rings. The van der Waals surface area contributed by atoms with E-state index in [-0.39, 0.29) is 0 Å². The van der Waals surface area contributed by atoms with Gasteiger partial charge < -0.3 is 10.2 Å². The molecule has 0 spiro atoms. The summed E-state index contributed by atoms with van der Waals surface area (Å²) in [6.45, 7) is 10.0. The molecule has 2 nitrogen and oxygen atoms in total. The Morgan fingerprint density at radius 1 is 0.952 bits per heavy atom. The van der Waals surface area contributed by atoms with Gasteiger partial charge in [-0.05, 0) is 42.9 Å². The first-order valence-electron chi connectivity index (χ1n) is 9.63. The molecular formula is C19H36N2. The molecule has 2 heteroatoms. The van der Waals surface area contributed by atoms with E-state index in [1.807, 2.05) is 0 Å². The molecule has 0 bridgehead atoms. The molecule has 1 heterocycles. The molecule has 2 aliphatic carbocycles. The minimum atomic E-state index is 0.569. The van der Waals surface area contributed by atoms with Crippen molar-refractivity contribution < 1.29 is 0 Å². The van der Waals surface area contributed by atoms with E-state index in [4.69, 9.17) is 0 Å². The van der Waals surface area contributed by atoms with Gasteiger partial charge in [0.25, 0.3) is 0 Å². The van der Waals surface area contributed by atoms with Crippen molar-refractivity contribution in [3.05, 3.63) is 0 Å². The zero-order valence-corrected chi connectivity index (χ0v) is 14.4. The SMILES string of the molecule is CC(C)NCC1(CN2CC3CCCC3C2)CCCCCC1. The Labute approximate surface area is 132 Å². The quantitative estimate of drug-likeness (QED) is 0.769. The Balaban J connectivity index is 1.61. The number of hydrogen-bond acceptors (Lipinski definition) is 2. The van der Waals surface area contributed by atoms with Gasteiger partial charge >= 0.3 is 0 Å². The van der Waals surface area contributed by atoms with Crippen LogP contribution in [0.1, 0.15) is 71.6 Å². The number of nitrogens with one attached hydrogen (secondary N) is 1. The van der Waals surface area contributed by atoms with Gasteiger partial charge in [0, 0.05) is 32.2 Å². The lowest BCUT2D eigenvalue weighted by Crippen LogP contribution is -2.45. The van der Waals surface area contributed by atoms with E-state index in [9.17, 15) is 0 Å². The topological polar surface area (TPSA) is 15.3 Å². The standard InChI is InChI=1S/C19H36N2/c1-16(2)20-14-19(10-5-3-4-6-11-19)15-21-12-17-8-7-9-18(17)13-21/h16-18,20H,3-15H2,1-2H3. The summed E-state index contributed by atoms with van der Waals surface area (Å²) in [6, 6.07) is 0.628. The highest BCUT2D eigenvalue weighted by Crippen LogP contribution is 2.41. The zero-order valence-electron chi connectivity index (χ0n) is 14.4. The van der Waals surface area contributed by atoms with E-state index in [1.54, 1.807) is 0 Å². The van der Waals surface area contributed by atoms with Crippen molar-refractivity contribution in [2.45, 2.75) is 77.7 Å². The molecule has 1 saturated heterocycles. The minimum absolute atomic E-state index is 0.569. The summed E-state index contributed by atoms with van der Waals surface area (Å²) in [5.74, 6) is 2.09. The van der Waals surface area contributed by atoms with Gasteiger partial charge in [-0.1, -0.05) is 46.0 Å². The first-order valence-corrected chi connectivity index (χ1v) is 9.63. The van der Waals surface area contributed by atoms with Crippen LogP contribution in [0, 0.1) is 17.3 Å². The summed E-state index contributed by atoms with van der Waals surface area (Å²) in [6.07, 6.45) is 13.3. The van der Waals surface area contributed by atoms with Crippen molar-refractivity contribution in [3.63, 3.8) is 0 Å². The molecule has 3 rings (SSSR count). The molecule has 2 saturated carbocycles. The fourth-order valence-electron chi connectivity index (χ4n) is 5.23. The van der Waals surface area contributed by atoms with E-state index in [0.717, 1.165) is 11.8 Å². The van der Waals surface area contributed by atoms with E-state index < -0.39 is 0 Å². The lowest BCUT2D eigenvalue weighted by Gasteiger charge is -2.38. The van der Waals surface area contributed by atoms with Crippen molar-refractivity contribution in [2.24, 2.45) is 17.3 Å². The van der Waals surface area contributed by atoms with Crippen molar-refractivity contribution in [1.29, 1.82) is 0 Å². The molecule has 1 aliphatic heterocycles. The fraction of sp³-hybridized carbons (Fsp3) is 1.00. The molecule has 0 radical (unpaired) electrons. The Morgan fingerprint density at radius 2 is 1.57 bits per heavy atom. The normalized spacial score (nSPS) is 33.3. The number of fused-ring (bicyclic) bond motifs is 1. The zero-order chi connectivity index (χ0) is 14.7. The molecular weight excluding hydrogens is 256 g/mol. The van der Waals surface area contributed by atoms with Crippen molar-refractivity contribution in [1.82, 2.24) is 10.2 Å². The van der Waals surface area contributed by atoms with E-state index in [0.29, 0.717) is 11.5 Å². The summed E-state index contributed by atoms with van der Waals surface area (Å²) in [5.41, 5.74) is 0.569. The Morgan fingerprint density at radius 3 is 2.14 bits per heavy atom. The average Bonchev–Trinajstić information content (AvgIpc) is 2.93. The van der Waals surface area contributed by atoms with Gasteiger partial charge in [-0.25, -0.2) is 0 Å². The van der Waals surface area contributed by atoms with Crippen LogP contribution in [-0.2, 0) is 0 Å². The van der Waals surface area contributed by atoms with Gasteiger partial charge in [0.05, 0.1) is 0 Å². The van der Waals surface area contributed by atoms with Crippen LogP contribution in [0.5, 0.6) is 0 Å². The highest BCUT2D eigenvalue weighted by Gasteiger charge is 2.40. The van der Waals surface area contributed by atoms with Crippen LogP contribution in [0.25, 0.3) is 0 Å². The second kappa shape index (κ2) is 7.00. The van der Waals surface area contributed by atoms with Crippen LogP contribution in [0.15, 0.2) is 0 Å². The number of rotatable bonds is 5. The highest BCUT2D eigenvalue weighted by atomic mass is 15.2. The molecule has 2 atom stereocenters. The Bertz CT molecular complexity index is 306. The van der Waals surface area contributed by atoms with Crippen LogP contribution in [0.4, 0.5) is 0 Å². The molecule has 3 aliphatic rings. The van der Waals surface area contributed by atoms with Crippen LogP contribution < -0.4 is 5.32 Å². The smallest absolute Gasteiger partial charge is 0.00504 e. The second-order valence-corrected chi connectivity index (χ2v) is 8.59. The van der Waals surface area contributed by atoms with Gasteiger partial charge in [0.15, 0.2) is 0 Å². The van der Waals surface area contributed by atoms with Gasteiger partial charge in [-0.3, -0.25) is 0 Å². The Kier molecular flexibility index (Phi) is 5.27. The largest absolute Gasteiger partial charge is 0.314 e. The molecule has 2 unspecified atom stereocenters. The highest BCUT2D eigenvalue weighted by molar-refractivity contribution is 4.93. The molecule has 0 aromatic heterocycles. The fourth-order valence-corrected chi connectivity index (χ4v) is 5.23. The van der Waals surface area contributed by atoms with E-state index in [2.05, 4.69) is 24.1 Å². The van der Waals surface area contributed by atoms with Crippen LogP contribution >= 0.6 is 0 Å². The summed E-state index contributed by atoms with van der Waals surface area (Å²) in [4.78, 5) is 2.85. The van der Waals surface area contributed by atoms with Crippen molar-refractivity contribution >= 4 is 0 Å². The van der Waals surface area contributed by atoms with Crippen LogP contribution in [0.2, 0.25) is 0 Å². The first kappa shape index (κ1) is 15.8. The van der Waals surface area contributed by atoms with Gasteiger partial charge in [-0.2, -0.15) is 0 Å². The third kappa shape index (κ3) is 4.01. The first-order chi connectivity index (χ1) is 10.2. The third-order valence-corrected chi connectivity index (χ3v) is 6.41. The number of nitrogens with zero attached hydrogens (tertiary/aromatic N) is 1. The van der Waals surface area contributed by atoms with Crippen molar-refractivity contribution in [3.8, 4) is 0 Å². The third-order valence-electron chi connectivity index (χ3n) is 6.41. The predicted molar refractivity (Wildman–Crippen MR) is 90.5 cm³/mol. The molecule has 0 amide bonds. The lowest BCUT2D eigenvalue weighted by molar-refractivity contribution is 0.136. The molecule has 122 valence electrons. The van der Waals surface area contributed by atoms with Gasteiger partial charge in [0.2, 0.25) is 0 Å². The maximum Gasteiger partial charge on any atom is 0.00504 e. The maximum absolute atomic E-state index is 3.78. The van der Waals surface area contributed by atoms with Gasteiger partial charge in [-0.15, -0.1) is 0 Å². The molecule has 0 aromatic rings. The lowest BCUT2D eigenvalue weighted by atomic mass is 9.79. The Hall–Kier alpha value is -0.0800. The molecule has 21 heavy (non-hydrogen) atoms. The molecule has 1 N–H and O–H groups in total. The summed E-state index contributed by atoms with van der Waals surface area (Å²) in [7, 11) is 0. The number of likely N-dealkylation sites (tertiary alicyclic amines) is 1. The minimum Gasteiger partial charge on any atom is -0.314 e. The number of hydrogen-bond donors (Lipinski definition) is 1. The summed E-state index contributed by atoms with van der Waals surface area (Å²) >= 11 is 0. The van der Waals surface area contributed by atoms with E-state index >= 15 is 0 Å². The molecule has 0 aromatic carbocycles. The maximum atomic E-state index is 3.78. The monoisotopic (exact) mass is 292 g/mol. The van der Waals surface area contributed by atoms with Crippen molar-refractivity contribution in [2.75, 3.05) is 26.2 Å². The van der Waals surface area contributed by atoms with Crippen LogP contribution in [0.3, 0.4) is 0 Å². The summed E-state index contributed by atoms with van der Waals surface area (Å²) in [5, 5.41) is 3.78. The second-order valence-electron chi connectivity index (χ2n) is 8.59. The predicted octanol–water partition coefficient (Wildman–Crippen LogP) is 4.06. The van der Waals surface area contributed by atoms with Crippen LogP contribution in [-0.4, -0.2) is 37.1 Å². The van der Waals surface area contributed by atoms with Gasteiger partial charge in [0.1, 0.15) is 0 Å². The summed E-state index contributed by atoms with van der Waals surface area (Å²) < 4.78 is 0. The average molecular weight is 293 g/mol. The van der Waals surface area contributed by atoms with E-state index in [1.165, 1.54) is 84.0 Å².